The van der Waals surface area contributed by atoms with Gasteiger partial charge >= 0.3 is 0 Å². The van der Waals surface area contributed by atoms with E-state index < -0.39 is 5.91 Å². The monoisotopic (exact) mass is 431 g/mol. The zero-order valence-electron chi connectivity index (χ0n) is 16.1. The fraction of sp³-hybridized carbons (Fsp3) is 0.200. The fourth-order valence-electron chi connectivity index (χ4n) is 2.64. The summed E-state index contributed by atoms with van der Waals surface area (Å²) in [4.78, 5) is 24.8. The van der Waals surface area contributed by atoms with Crippen LogP contribution in [0.1, 0.15) is 27.3 Å². The molecule has 29 heavy (non-hydrogen) atoms. The third-order valence-corrected chi connectivity index (χ3v) is 5.20. The second kappa shape index (κ2) is 8.63. The highest BCUT2D eigenvalue weighted by molar-refractivity contribution is 6.42. The van der Waals surface area contributed by atoms with Crippen LogP contribution >= 0.6 is 23.2 Å². The van der Waals surface area contributed by atoms with Gasteiger partial charge in [0.15, 0.2) is 5.69 Å². The lowest BCUT2D eigenvalue weighted by Crippen LogP contribution is -2.21. The van der Waals surface area contributed by atoms with E-state index in [0.29, 0.717) is 27.1 Å². The van der Waals surface area contributed by atoms with E-state index in [4.69, 9.17) is 23.2 Å². The predicted octanol–water partition coefficient (Wildman–Crippen LogP) is 4.40. The summed E-state index contributed by atoms with van der Waals surface area (Å²) in [6.07, 6.45) is 0. The van der Waals surface area contributed by atoms with Crippen LogP contribution in [0.2, 0.25) is 10.0 Å². The first kappa shape index (κ1) is 20.8. The molecule has 0 saturated heterocycles. The number of benzene rings is 2. The number of carbonyl (C=O) groups excluding carboxylic acids is 2. The third-order valence-electron chi connectivity index (χ3n) is 4.46. The van der Waals surface area contributed by atoms with Crippen LogP contribution in [0.25, 0.3) is 0 Å². The molecule has 2 amide bonds. The molecule has 1 heterocycles. The number of nitrogens with one attached hydrogen (secondary N) is 2. The van der Waals surface area contributed by atoms with Crippen LogP contribution in [0.15, 0.2) is 36.4 Å². The fourth-order valence-corrected chi connectivity index (χ4v) is 2.94. The van der Waals surface area contributed by atoms with Gasteiger partial charge in [0.25, 0.3) is 5.91 Å². The van der Waals surface area contributed by atoms with Gasteiger partial charge in [0.1, 0.15) is 6.54 Å². The van der Waals surface area contributed by atoms with Crippen molar-refractivity contribution in [2.45, 2.75) is 27.3 Å². The molecule has 3 rings (SSSR count). The summed E-state index contributed by atoms with van der Waals surface area (Å²) in [5.41, 5.74) is 4.00. The van der Waals surface area contributed by atoms with Gasteiger partial charge in [-0.05, 0) is 62.2 Å². The maximum Gasteiger partial charge on any atom is 0.278 e. The Hall–Kier alpha value is -2.90. The van der Waals surface area contributed by atoms with Crippen molar-refractivity contribution in [3.63, 3.8) is 0 Å². The Morgan fingerprint density at radius 3 is 2.31 bits per heavy atom. The number of halogens is 2. The standard InChI is InChI=1S/C20H19Cl2N5O2/c1-11-4-5-14(8-12(11)2)23-18(28)10-27-13(3)19(25-26-27)20(29)24-15-6-7-16(21)17(22)9-15/h4-9H,10H2,1-3H3,(H,23,28)(H,24,29). The van der Waals surface area contributed by atoms with Crippen LogP contribution in [0.5, 0.6) is 0 Å². The lowest BCUT2D eigenvalue weighted by Gasteiger charge is -2.08. The molecule has 0 aliphatic heterocycles. The minimum atomic E-state index is -0.457. The highest BCUT2D eigenvalue weighted by Crippen LogP contribution is 2.25. The molecule has 7 nitrogen and oxygen atoms in total. The van der Waals surface area contributed by atoms with Crippen molar-refractivity contribution in [2.75, 3.05) is 10.6 Å². The smallest absolute Gasteiger partial charge is 0.278 e. The topological polar surface area (TPSA) is 88.9 Å². The molecule has 2 aromatic carbocycles. The first-order valence-electron chi connectivity index (χ1n) is 8.78. The zero-order valence-corrected chi connectivity index (χ0v) is 17.6. The molecule has 0 saturated carbocycles. The van der Waals surface area contributed by atoms with Gasteiger partial charge in [-0.25, -0.2) is 4.68 Å². The molecule has 0 spiro atoms. The van der Waals surface area contributed by atoms with Gasteiger partial charge in [-0.1, -0.05) is 34.5 Å². The lowest BCUT2D eigenvalue weighted by molar-refractivity contribution is -0.117. The van der Waals surface area contributed by atoms with Crippen LogP contribution in [-0.2, 0) is 11.3 Å². The lowest BCUT2D eigenvalue weighted by atomic mass is 10.1. The highest BCUT2D eigenvalue weighted by Gasteiger charge is 2.18. The van der Waals surface area contributed by atoms with Gasteiger partial charge in [0, 0.05) is 11.4 Å². The van der Waals surface area contributed by atoms with Crippen LogP contribution in [0, 0.1) is 20.8 Å². The quantitative estimate of drug-likeness (QED) is 0.626. The summed E-state index contributed by atoms with van der Waals surface area (Å²) in [6.45, 7) is 5.59. The number of nitrogens with zero attached hydrogens (tertiary/aromatic N) is 3. The number of aryl methyl sites for hydroxylation is 2. The molecular weight excluding hydrogens is 413 g/mol. The minimum Gasteiger partial charge on any atom is -0.324 e. The van der Waals surface area contributed by atoms with E-state index in [0.717, 1.165) is 11.1 Å². The van der Waals surface area contributed by atoms with Crippen molar-refractivity contribution >= 4 is 46.4 Å². The maximum absolute atomic E-state index is 12.5. The second-order valence-electron chi connectivity index (χ2n) is 6.61. The Kier molecular flexibility index (Phi) is 6.20. The Morgan fingerprint density at radius 2 is 1.62 bits per heavy atom. The first-order valence-corrected chi connectivity index (χ1v) is 9.54. The molecule has 0 aliphatic carbocycles. The van der Waals surface area contributed by atoms with Gasteiger partial charge in [-0.15, -0.1) is 5.10 Å². The number of rotatable bonds is 5. The largest absolute Gasteiger partial charge is 0.324 e. The maximum atomic E-state index is 12.5. The molecule has 0 unspecified atom stereocenters. The predicted molar refractivity (Wildman–Crippen MR) is 114 cm³/mol. The number of anilines is 2. The van der Waals surface area contributed by atoms with Crippen LogP contribution < -0.4 is 10.6 Å². The number of carbonyl (C=O) groups is 2. The van der Waals surface area contributed by atoms with E-state index in [1.807, 2.05) is 32.0 Å². The van der Waals surface area contributed by atoms with Gasteiger partial charge in [-0.3, -0.25) is 9.59 Å². The SMILES string of the molecule is Cc1ccc(NC(=O)Cn2nnc(C(=O)Nc3ccc(Cl)c(Cl)c3)c2C)cc1C. The van der Waals surface area contributed by atoms with Gasteiger partial charge in [-0.2, -0.15) is 0 Å². The number of hydrogen-bond donors (Lipinski definition) is 2. The molecule has 1 aromatic heterocycles. The van der Waals surface area contributed by atoms with Gasteiger partial charge in [0.2, 0.25) is 5.91 Å². The Labute approximate surface area is 178 Å². The highest BCUT2D eigenvalue weighted by atomic mass is 35.5. The molecule has 0 bridgehead atoms. The summed E-state index contributed by atoms with van der Waals surface area (Å²) in [6, 6.07) is 10.4. The van der Waals surface area contributed by atoms with E-state index in [-0.39, 0.29) is 18.1 Å². The number of hydrogen-bond acceptors (Lipinski definition) is 4. The molecular formula is C20H19Cl2N5O2. The molecule has 150 valence electrons. The van der Waals surface area contributed by atoms with Crippen molar-refractivity contribution < 1.29 is 9.59 Å². The summed E-state index contributed by atoms with van der Waals surface area (Å²) in [7, 11) is 0. The van der Waals surface area contributed by atoms with E-state index >= 15 is 0 Å². The average molecular weight is 432 g/mol. The average Bonchev–Trinajstić information content (AvgIpc) is 3.02. The van der Waals surface area contributed by atoms with Crippen molar-refractivity contribution in [3.05, 3.63) is 69.0 Å². The van der Waals surface area contributed by atoms with Crippen LogP contribution in [0.4, 0.5) is 11.4 Å². The summed E-state index contributed by atoms with van der Waals surface area (Å²) >= 11 is 11.8. The van der Waals surface area contributed by atoms with Crippen LogP contribution in [-0.4, -0.2) is 26.8 Å². The first-order chi connectivity index (χ1) is 13.7. The molecule has 0 fully saturated rings. The van der Waals surface area contributed by atoms with Crippen molar-refractivity contribution in [1.82, 2.24) is 15.0 Å². The summed E-state index contributed by atoms with van der Waals surface area (Å²) in [5, 5.41) is 14.0. The number of aromatic nitrogens is 3. The van der Waals surface area contributed by atoms with Crippen molar-refractivity contribution in [2.24, 2.45) is 0 Å². The van der Waals surface area contributed by atoms with E-state index in [9.17, 15) is 9.59 Å². The normalized spacial score (nSPS) is 10.7. The summed E-state index contributed by atoms with van der Waals surface area (Å²) in [5.74, 6) is -0.723. The van der Waals surface area contributed by atoms with Gasteiger partial charge in [0.05, 0.1) is 15.7 Å². The molecule has 0 radical (unpaired) electrons. The molecule has 3 aromatic rings. The molecule has 0 aliphatic rings. The third kappa shape index (κ3) is 4.93. The summed E-state index contributed by atoms with van der Waals surface area (Å²) < 4.78 is 1.38. The van der Waals surface area contributed by atoms with Gasteiger partial charge < -0.3 is 10.6 Å². The Morgan fingerprint density at radius 1 is 0.931 bits per heavy atom. The van der Waals surface area contributed by atoms with E-state index in [2.05, 4.69) is 20.9 Å². The molecule has 9 heteroatoms. The van der Waals surface area contributed by atoms with Crippen LogP contribution in [0.3, 0.4) is 0 Å². The zero-order chi connectivity index (χ0) is 21.1. The van der Waals surface area contributed by atoms with E-state index in [1.54, 1.807) is 25.1 Å². The minimum absolute atomic E-state index is 0.0637. The van der Waals surface area contributed by atoms with Crippen molar-refractivity contribution in [1.29, 1.82) is 0 Å². The molecule has 2 N–H and O–H groups in total. The second-order valence-corrected chi connectivity index (χ2v) is 7.43. The Balaban J connectivity index is 1.67. The van der Waals surface area contributed by atoms with E-state index in [1.165, 1.54) is 4.68 Å². The number of amides is 2. The molecule has 0 atom stereocenters. The van der Waals surface area contributed by atoms with Crippen molar-refractivity contribution in [3.8, 4) is 0 Å². The Bertz CT molecular complexity index is 1090.